The Balaban J connectivity index is 1.72. The molecule has 2 amide bonds. The van der Waals surface area contributed by atoms with Crippen molar-refractivity contribution in [3.8, 4) is 11.5 Å². The molecule has 1 N–H and O–H groups in total. The van der Waals surface area contributed by atoms with E-state index in [4.69, 9.17) is 21.7 Å². The molecule has 180 valence electrons. The number of carbonyl (C=O) groups is 2. The van der Waals surface area contributed by atoms with Crippen LogP contribution in [0.2, 0.25) is 0 Å². The summed E-state index contributed by atoms with van der Waals surface area (Å²) in [5.41, 5.74) is 3.62. The summed E-state index contributed by atoms with van der Waals surface area (Å²) in [7, 11) is 1.53. The fourth-order valence-electron chi connectivity index (χ4n) is 3.51. The minimum atomic E-state index is -0.279. The summed E-state index contributed by atoms with van der Waals surface area (Å²) in [6, 6.07) is 9.43. The highest BCUT2D eigenvalue weighted by atomic mass is 79.9. The van der Waals surface area contributed by atoms with Crippen LogP contribution in [0.4, 0.5) is 5.69 Å². The summed E-state index contributed by atoms with van der Waals surface area (Å²) in [6.07, 6.45) is 3.68. The monoisotopic (exact) mass is 562 g/mol. The van der Waals surface area contributed by atoms with Gasteiger partial charge in [0, 0.05) is 12.2 Å². The van der Waals surface area contributed by atoms with Crippen LogP contribution in [0.3, 0.4) is 0 Å². The number of aryl methyl sites for hydroxylation is 2. The van der Waals surface area contributed by atoms with Crippen LogP contribution < -0.4 is 14.8 Å². The van der Waals surface area contributed by atoms with Gasteiger partial charge in [-0.05, 0) is 83.2 Å². The number of carbonyl (C=O) groups excluding carboxylic acids is 2. The lowest BCUT2D eigenvalue weighted by atomic mass is 10.1. The molecular weight excluding hydrogens is 536 g/mol. The van der Waals surface area contributed by atoms with Crippen LogP contribution in [0.5, 0.6) is 11.5 Å². The van der Waals surface area contributed by atoms with Crippen LogP contribution in [0.25, 0.3) is 6.08 Å². The molecule has 0 bridgehead atoms. The molecule has 0 aromatic heterocycles. The van der Waals surface area contributed by atoms with Crippen molar-refractivity contribution in [2.45, 2.75) is 33.6 Å². The summed E-state index contributed by atoms with van der Waals surface area (Å²) in [6.45, 7) is 6.48. The Hall–Kier alpha value is -2.36. The fourth-order valence-corrected chi connectivity index (χ4v) is 5.39. The Bertz CT molecular complexity index is 1130. The number of thioether (sulfide) groups is 1. The second-order valence-corrected chi connectivity index (χ2v) is 10.5. The molecule has 0 atom stereocenters. The molecule has 2 aromatic rings. The largest absolute Gasteiger partial charge is 0.493 e. The number of methoxy groups -OCH3 is 1. The van der Waals surface area contributed by atoms with Gasteiger partial charge in [0.15, 0.2) is 18.1 Å². The number of rotatable bonds is 9. The summed E-state index contributed by atoms with van der Waals surface area (Å²) in [4.78, 5) is 27.4. The quantitative estimate of drug-likeness (QED) is 0.294. The highest BCUT2D eigenvalue weighted by molar-refractivity contribution is 9.10. The minimum absolute atomic E-state index is 0.0816. The average Bonchev–Trinajstić information content (AvgIpc) is 3.02. The Morgan fingerprint density at radius 2 is 1.91 bits per heavy atom. The third kappa shape index (κ3) is 6.61. The van der Waals surface area contributed by atoms with E-state index in [1.165, 1.54) is 18.9 Å². The first kappa shape index (κ1) is 26.2. The number of nitrogens with one attached hydrogen (secondary N) is 1. The van der Waals surface area contributed by atoms with Gasteiger partial charge >= 0.3 is 0 Å². The third-order valence-corrected chi connectivity index (χ3v) is 6.98. The van der Waals surface area contributed by atoms with Gasteiger partial charge in [0.25, 0.3) is 11.8 Å². The number of thiocarbonyl (C=S) groups is 1. The van der Waals surface area contributed by atoms with E-state index in [1.807, 2.05) is 38.1 Å². The molecule has 0 aliphatic carbocycles. The first-order valence-electron chi connectivity index (χ1n) is 10.9. The molecule has 1 aliphatic rings. The first-order valence-corrected chi connectivity index (χ1v) is 12.9. The average molecular weight is 564 g/mol. The number of hydrogen-bond acceptors (Lipinski definition) is 6. The standard InChI is InChI=1S/C25H27BrN2O4S2/c1-5-6-7-28-24(30)21(34-25(28)33)13-17-11-19(26)23(20(12-17)31-4)32-14-22(29)27-18-9-15(2)8-16(3)10-18/h8-13H,5-7,14H2,1-4H3,(H,27,29)/b21-13-. The Labute approximate surface area is 218 Å². The molecule has 1 saturated heterocycles. The van der Waals surface area contributed by atoms with Gasteiger partial charge in [-0.3, -0.25) is 14.5 Å². The van der Waals surface area contributed by atoms with E-state index < -0.39 is 0 Å². The molecule has 34 heavy (non-hydrogen) atoms. The van der Waals surface area contributed by atoms with Crippen molar-refractivity contribution in [3.63, 3.8) is 0 Å². The molecule has 1 aliphatic heterocycles. The number of nitrogens with zero attached hydrogens (tertiary/aromatic N) is 1. The zero-order valence-corrected chi connectivity index (χ0v) is 22.8. The smallest absolute Gasteiger partial charge is 0.266 e. The number of ether oxygens (including phenoxy) is 2. The van der Waals surface area contributed by atoms with E-state index in [0.717, 1.165) is 35.2 Å². The van der Waals surface area contributed by atoms with Crippen LogP contribution in [0.1, 0.15) is 36.5 Å². The maximum Gasteiger partial charge on any atom is 0.266 e. The third-order valence-electron chi connectivity index (χ3n) is 5.01. The SMILES string of the molecule is CCCCN1C(=O)/C(=C/c2cc(Br)c(OCC(=O)Nc3cc(C)cc(C)c3)c(OC)c2)SC1=S. The van der Waals surface area contributed by atoms with Crippen LogP contribution in [-0.2, 0) is 9.59 Å². The maximum absolute atomic E-state index is 12.7. The molecule has 3 rings (SSSR count). The number of anilines is 1. The van der Waals surface area contributed by atoms with Crippen molar-refractivity contribution in [3.05, 3.63) is 56.4 Å². The zero-order chi connectivity index (χ0) is 24.8. The van der Waals surface area contributed by atoms with E-state index in [-0.39, 0.29) is 18.4 Å². The predicted molar refractivity (Wildman–Crippen MR) is 146 cm³/mol. The van der Waals surface area contributed by atoms with Crippen LogP contribution in [-0.4, -0.2) is 41.3 Å². The molecule has 9 heteroatoms. The molecule has 0 unspecified atom stereocenters. The number of amides is 2. The van der Waals surface area contributed by atoms with Gasteiger partial charge in [0.2, 0.25) is 0 Å². The Morgan fingerprint density at radius 1 is 1.21 bits per heavy atom. The molecular formula is C25H27BrN2O4S2. The lowest BCUT2D eigenvalue weighted by Gasteiger charge is -2.14. The van der Waals surface area contributed by atoms with Crippen molar-refractivity contribution in [2.75, 3.05) is 25.6 Å². The fraction of sp³-hybridized carbons (Fsp3) is 0.320. The van der Waals surface area contributed by atoms with Crippen molar-refractivity contribution < 1.29 is 19.1 Å². The maximum atomic E-state index is 12.7. The van der Waals surface area contributed by atoms with Crippen molar-refractivity contribution in [1.82, 2.24) is 4.90 Å². The van der Waals surface area contributed by atoms with Crippen LogP contribution in [0.15, 0.2) is 39.7 Å². The Kier molecular flexibility index (Phi) is 9.16. The number of unbranched alkanes of at least 4 members (excludes halogenated alkanes) is 1. The predicted octanol–water partition coefficient (Wildman–Crippen LogP) is 6.09. The van der Waals surface area contributed by atoms with Gasteiger partial charge in [-0.25, -0.2) is 0 Å². The summed E-state index contributed by atoms with van der Waals surface area (Å²) < 4.78 is 12.4. The van der Waals surface area contributed by atoms with Crippen LogP contribution >= 0.6 is 39.9 Å². The molecule has 2 aromatic carbocycles. The topological polar surface area (TPSA) is 67.9 Å². The second-order valence-electron chi connectivity index (χ2n) is 7.93. The van der Waals surface area contributed by atoms with Crippen molar-refractivity contribution in [2.24, 2.45) is 0 Å². The van der Waals surface area contributed by atoms with E-state index in [9.17, 15) is 9.59 Å². The summed E-state index contributed by atoms with van der Waals surface area (Å²) >= 11 is 10.2. The molecule has 1 heterocycles. The molecule has 0 spiro atoms. The highest BCUT2D eigenvalue weighted by Crippen LogP contribution is 2.39. The van der Waals surface area contributed by atoms with Gasteiger partial charge in [-0.15, -0.1) is 0 Å². The normalized spacial score (nSPS) is 14.6. The number of benzene rings is 2. The second kappa shape index (κ2) is 11.9. The molecule has 0 saturated carbocycles. The summed E-state index contributed by atoms with van der Waals surface area (Å²) in [5.74, 6) is 0.493. The van der Waals surface area contributed by atoms with E-state index in [2.05, 4.69) is 28.2 Å². The van der Waals surface area contributed by atoms with Crippen molar-refractivity contribution in [1.29, 1.82) is 0 Å². The lowest BCUT2D eigenvalue weighted by Crippen LogP contribution is -2.28. The molecule has 6 nitrogen and oxygen atoms in total. The number of hydrogen-bond donors (Lipinski definition) is 1. The van der Waals surface area contributed by atoms with Gasteiger partial charge in [-0.1, -0.05) is 43.4 Å². The van der Waals surface area contributed by atoms with Gasteiger partial charge in [0.1, 0.15) is 4.32 Å². The van der Waals surface area contributed by atoms with E-state index in [0.29, 0.717) is 31.7 Å². The summed E-state index contributed by atoms with van der Waals surface area (Å²) in [5, 5.41) is 2.85. The highest BCUT2D eigenvalue weighted by Gasteiger charge is 2.31. The van der Waals surface area contributed by atoms with E-state index in [1.54, 1.807) is 17.0 Å². The van der Waals surface area contributed by atoms with Gasteiger partial charge in [-0.2, -0.15) is 0 Å². The number of halogens is 1. The van der Waals surface area contributed by atoms with Gasteiger partial charge < -0.3 is 14.8 Å². The van der Waals surface area contributed by atoms with E-state index >= 15 is 0 Å². The van der Waals surface area contributed by atoms with Crippen LogP contribution in [0, 0.1) is 13.8 Å². The first-order chi connectivity index (χ1) is 16.2. The molecule has 1 fully saturated rings. The lowest BCUT2D eigenvalue weighted by molar-refractivity contribution is -0.122. The Morgan fingerprint density at radius 3 is 2.56 bits per heavy atom. The zero-order valence-electron chi connectivity index (χ0n) is 19.6. The molecule has 0 radical (unpaired) electrons. The minimum Gasteiger partial charge on any atom is -0.493 e. The van der Waals surface area contributed by atoms with Gasteiger partial charge in [0.05, 0.1) is 16.5 Å². The van der Waals surface area contributed by atoms with Crippen molar-refractivity contribution >= 4 is 67.8 Å².